The van der Waals surface area contributed by atoms with Crippen molar-refractivity contribution in [1.82, 2.24) is 14.4 Å². The maximum Gasteiger partial charge on any atom is 0.223 e. The van der Waals surface area contributed by atoms with Crippen molar-refractivity contribution in [3.63, 3.8) is 0 Å². The largest absolute Gasteiger partial charge is 0.503 e. The third-order valence-electron chi connectivity index (χ3n) is 3.44. The van der Waals surface area contributed by atoms with Crippen LogP contribution in [0.2, 0.25) is 0 Å². The van der Waals surface area contributed by atoms with Crippen molar-refractivity contribution in [2.75, 3.05) is 33.7 Å². The summed E-state index contributed by atoms with van der Waals surface area (Å²) in [6.45, 7) is 8.96. The molecule has 20 heavy (non-hydrogen) atoms. The zero-order valence-electron chi connectivity index (χ0n) is 13.1. The fourth-order valence-electron chi connectivity index (χ4n) is 2.28. The zero-order chi connectivity index (χ0) is 15.1. The van der Waals surface area contributed by atoms with E-state index < -0.39 is 0 Å². The molecule has 0 aliphatic rings. The Morgan fingerprint density at radius 3 is 2.45 bits per heavy atom. The van der Waals surface area contributed by atoms with Gasteiger partial charge in [-0.2, -0.15) is 0 Å². The minimum Gasteiger partial charge on any atom is -0.503 e. The van der Waals surface area contributed by atoms with Gasteiger partial charge in [0.2, 0.25) is 5.43 Å². The zero-order valence-corrected chi connectivity index (χ0v) is 13.1. The first kappa shape index (κ1) is 16.7. The lowest BCUT2D eigenvalue weighted by molar-refractivity contribution is 0.290. The standard InChI is InChI=1S/C15H27N3O2/c1-5-17(6-2)8-7-9-18-12-15(20)14(19)10-13(18)11-16(3)4/h10,12,20H,5-9,11H2,1-4H3. The van der Waals surface area contributed by atoms with Gasteiger partial charge in [-0.3, -0.25) is 4.79 Å². The molecule has 114 valence electrons. The number of pyridine rings is 1. The number of rotatable bonds is 8. The van der Waals surface area contributed by atoms with Gasteiger partial charge in [0.25, 0.3) is 0 Å². The second-order valence-electron chi connectivity index (χ2n) is 5.33. The number of aryl methyl sites for hydroxylation is 1. The van der Waals surface area contributed by atoms with Crippen molar-refractivity contribution in [2.24, 2.45) is 0 Å². The van der Waals surface area contributed by atoms with E-state index in [0.717, 1.165) is 38.3 Å². The van der Waals surface area contributed by atoms with E-state index in [9.17, 15) is 9.90 Å². The number of aromatic hydroxyl groups is 1. The summed E-state index contributed by atoms with van der Waals surface area (Å²) in [6, 6.07) is 1.53. The molecule has 1 N–H and O–H groups in total. The van der Waals surface area contributed by atoms with E-state index in [0.29, 0.717) is 6.54 Å². The lowest BCUT2D eigenvalue weighted by Crippen LogP contribution is -2.26. The van der Waals surface area contributed by atoms with E-state index in [-0.39, 0.29) is 11.2 Å². The minimum atomic E-state index is -0.304. The molecule has 5 heteroatoms. The number of hydrogen-bond donors (Lipinski definition) is 1. The minimum absolute atomic E-state index is 0.171. The first-order chi connectivity index (χ1) is 9.47. The summed E-state index contributed by atoms with van der Waals surface area (Å²) < 4.78 is 1.99. The molecule has 0 radical (unpaired) electrons. The summed E-state index contributed by atoms with van der Waals surface area (Å²) in [5.41, 5.74) is 0.638. The van der Waals surface area contributed by atoms with Gasteiger partial charge in [0.05, 0.1) is 6.20 Å². The number of hydrogen-bond acceptors (Lipinski definition) is 4. The van der Waals surface area contributed by atoms with Gasteiger partial charge in [0, 0.05) is 24.8 Å². The quantitative estimate of drug-likeness (QED) is 0.781. The van der Waals surface area contributed by atoms with Crippen LogP contribution in [0.4, 0.5) is 0 Å². The van der Waals surface area contributed by atoms with Crippen LogP contribution in [0.25, 0.3) is 0 Å². The fraction of sp³-hybridized carbons (Fsp3) is 0.667. The number of nitrogens with zero attached hydrogens (tertiary/aromatic N) is 3. The Labute approximate surface area is 121 Å². The predicted molar refractivity (Wildman–Crippen MR) is 82.2 cm³/mol. The highest BCUT2D eigenvalue weighted by atomic mass is 16.3. The van der Waals surface area contributed by atoms with Crippen LogP contribution in [-0.4, -0.2) is 53.2 Å². The van der Waals surface area contributed by atoms with Crippen LogP contribution >= 0.6 is 0 Å². The van der Waals surface area contributed by atoms with Crippen LogP contribution in [0.3, 0.4) is 0 Å². The second-order valence-corrected chi connectivity index (χ2v) is 5.33. The molecule has 0 aliphatic heterocycles. The Morgan fingerprint density at radius 1 is 1.25 bits per heavy atom. The molecule has 1 rings (SSSR count). The first-order valence-corrected chi connectivity index (χ1v) is 7.27. The Hall–Kier alpha value is -1.33. The first-order valence-electron chi connectivity index (χ1n) is 7.27. The van der Waals surface area contributed by atoms with E-state index in [1.165, 1.54) is 6.07 Å². The molecule has 0 bridgehead atoms. The smallest absolute Gasteiger partial charge is 0.223 e. The normalized spacial score (nSPS) is 11.5. The van der Waals surface area contributed by atoms with Gasteiger partial charge in [0.1, 0.15) is 0 Å². The molecule has 0 unspecified atom stereocenters. The Balaban J connectivity index is 2.76. The van der Waals surface area contributed by atoms with Gasteiger partial charge in [-0.05, 0) is 40.2 Å². The van der Waals surface area contributed by atoms with E-state index in [1.54, 1.807) is 6.20 Å². The molecule has 0 amide bonds. The summed E-state index contributed by atoms with van der Waals surface area (Å²) in [5.74, 6) is -0.171. The van der Waals surface area contributed by atoms with E-state index in [2.05, 4.69) is 18.7 Å². The molecule has 0 atom stereocenters. The van der Waals surface area contributed by atoms with Crippen molar-refractivity contribution in [3.8, 4) is 5.75 Å². The third kappa shape index (κ3) is 4.98. The van der Waals surface area contributed by atoms with Crippen LogP contribution in [0.15, 0.2) is 17.1 Å². The van der Waals surface area contributed by atoms with Gasteiger partial charge < -0.3 is 19.5 Å². The summed E-state index contributed by atoms with van der Waals surface area (Å²) in [4.78, 5) is 15.9. The van der Waals surface area contributed by atoms with Gasteiger partial charge in [-0.1, -0.05) is 13.8 Å². The molecule has 0 aromatic carbocycles. The molecule has 0 saturated heterocycles. The molecular weight excluding hydrogens is 254 g/mol. The van der Waals surface area contributed by atoms with Gasteiger partial charge in [-0.25, -0.2) is 0 Å². The van der Waals surface area contributed by atoms with Crippen LogP contribution in [0.5, 0.6) is 5.75 Å². The average molecular weight is 281 g/mol. The van der Waals surface area contributed by atoms with Crippen LogP contribution in [-0.2, 0) is 13.1 Å². The number of aromatic nitrogens is 1. The molecule has 1 aromatic rings. The average Bonchev–Trinajstić information content (AvgIpc) is 2.39. The lowest BCUT2D eigenvalue weighted by Gasteiger charge is -2.20. The van der Waals surface area contributed by atoms with Crippen LogP contribution in [0.1, 0.15) is 26.0 Å². The summed E-state index contributed by atoms with van der Waals surface area (Å²) >= 11 is 0. The highest BCUT2D eigenvalue weighted by Gasteiger charge is 2.07. The Kier molecular flexibility index (Phi) is 6.75. The van der Waals surface area contributed by atoms with Crippen molar-refractivity contribution < 1.29 is 5.11 Å². The maximum absolute atomic E-state index is 11.6. The van der Waals surface area contributed by atoms with E-state index in [1.807, 2.05) is 23.6 Å². The van der Waals surface area contributed by atoms with Crippen LogP contribution < -0.4 is 5.43 Å². The molecule has 0 spiro atoms. The molecule has 0 saturated carbocycles. The lowest BCUT2D eigenvalue weighted by atomic mass is 10.2. The van der Waals surface area contributed by atoms with Crippen molar-refractivity contribution in [3.05, 3.63) is 28.2 Å². The SMILES string of the molecule is CCN(CC)CCCn1cc(O)c(=O)cc1CN(C)C. The molecular formula is C15H27N3O2. The molecule has 1 aromatic heterocycles. The highest BCUT2D eigenvalue weighted by molar-refractivity contribution is 5.20. The molecule has 0 fully saturated rings. The maximum atomic E-state index is 11.6. The summed E-state index contributed by atoms with van der Waals surface area (Å²) in [7, 11) is 3.94. The van der Waals surface area contributed by atoms with Crippen molar-refractivity contribution in [2.45, 2.75) is 33.4 Å². The highest BCUT2D eigenvalue weighted by Crippen LogP contribution is 2.08. The van der Waals surface area contributed by atoms with E-state index >= 15 is 0 Å². The van der Waals surface area contributed by atoms with Gasteiger partial charge in [0.15, 0.2) is 5.75 Å². The Morgan fingerprint density at radius 2 is 1.90 bits per heavy atom. The summed E-state index contributed by atoms with van der Waals surface area (Å²) in [5, 5.41) is 9.60. The molecule has 0 aliphatic carbocycles. The Bertz CT molecular complexity index is 465. The predicted octanol–water partition coefficient (Wildman–Crippen LogP) is 1.35. The third-order valence-corrected chi connectivity index (χ3v) is 3.44. The fourth-order valence-corrected chi connectivity index (χ4v) is 2.28. The van der Waals surface area contributed by atoms with E-state index in [4.69, 9.17) is 0 Å². The van der Waals surface area contributed by atoms with Crippen molar-refractivity contribution >= 4 is 0 Å². The summed E-state index contributed by atoms with van der Waals surface area (Å²) in [6.07, 6.45) is 2.56. The van der Waals surface area contributed by atoms with Crippen LogP contribution in [0, 0.1) is 0 Å². The van der Waals surface area contributed by atoms with Gasteiger partial charge in [-0.15, -0.1) is 0 Å². The van der Waals surface area contributed by atoms with Gasteiger partial charge >= 0.3 is 0 Å². The topological polar surface area (TPSA) is 48.7 Å². The molecule has 5 nitrogen and oxygen atoms in total. The monoisotopic (exact) mass is 281 g/mol. The second kappa shape index (κ2) is 8.07. The van der Waals surface area contributed by atoms with Crippen molar-refractivity contribution in [1.29, 1.82) is 0 Å². The molecule has 1 heterocycles.